The number of ether oxygens (including phenoxy) is 1. The van der Waals surface area contributed by atoms with E-state index in [0.717, 1.165) is 31.7 Å². The van der Waals surface area contributed by atoms with Gasteiger partial charge in [-0.25, -0.2) is 0 Å². The highest BCUT2D eigenvalue weighted by atomic mass is 16.5. The first kappa shape index (κ1) is 10.2. The molecule has 1 aromatic rings. The molecule has 4 heteroatoms. The lowest BCUT2D eigenvalue weighted by molar-refractivity contribution is 0.0903. The van der Waals surface area contributed by atoms with E-state index >= 15 is 0 Å². The lowest BCUT2D eigenvalue weighted by atomic mass is 10.2. The minimum atomic E-state index is 0.351. The molecule has 82 valence electrons. The molecule has 1 atom stereocenters. The second-order valence-electron chi connectivity index (χ2n) is 3.62. The van der Waals surface area contributed by atoms with E-state index in [1.165, 1.54) is 0 Å². The van der Waals surface area contributed by atoms with Gasteiger partial charge in [0.05, 0.1) is 19.3 Å². The average Bonchev–Trinajstić information content (AvgIpc) is 2.77. The Kier molecular flexibility index (Phi) is 3.06. The van der Waals surface area contributed by atoms with E-state index < -0.39 is 0 Å². The third kappa shape index (κ3) is 2.04. The van der Waals surface area contributed by atoms with Gasteiger partial charge in [-0.3, -0.25) is 4.79 Å². The molecule has 1 fully saturated rings. The number of carbonyl (C=O) groups is 1. The number of anilines is 1. The molecule has 0 spiro atoms. The van der Waals surface area contributed by atoms with Gasteiger partial charge in [-0.15, -0.1) is 0 Å². The maximum atomic E-state index is 10.5. The Morgan fingerprint density at radius 2 is 2.47 bits per heavy atom. The molecule has 0 N–H and O–H groups in total. The van der Waals surface area contributed by atoms with E-state index in [4.69, 9.17) is 9.15 Å². The summed E-state index contributed by atoms with van der Waals surface area (Å²) in [5.41, 5.74) is 0. The van der Waals surface area contributed by atoms with Gasteiger partial charge in [-0.1, -0.05) is 6.92 Å². The first-order chi connectivity index (χ1) is 7.35. The van der Waals surface area contributed by atoms with Gasteiger partial charge in [0, 0.05) is 12.6 Å². The van der Waals surface area contributed by atoms with Gasteiger partial charge in [-0.2, -0.15) is 0 Å². The van der Waals surface area contributed by atoms with Crippen molar-refractivity contribution in [3.63, 3.8) is 0 Å². The number of morpholine rings is 1. The minimum Gasteiger partial charge on any atom is -0.438 e. The predicted octanol–water partition coefficient (Wildman–Crippen LogP) is 1.71. The fourth-order valence-corrected chi connectivity index (χ4v) is 1.84. The zero-order valence-electron chi connectivity index (χ0n) is 8.81. The van der Waals surface area contributed by atoms with E-state index in [1.807, 2.05) is 6.07 Å². The fourth-order valence-electron chi connectivity index (χ4n) is 1.84. The van der Waals surface area contributed by atoms with Crippen molar-refractivity contribution in [2.45, 2.75) is 19.4 Å². The van der Waals surface area contributed by atoms with Crippen LogP contribution in [0.4, 0.5) is 5.88 Å². The minimum absolute atomic E-state index is 0.351. The van der Waals surface area contributed by atoms with Crippen LogP contribution in [0.3, 0.4) is 0 Å². The lowest BCUT2D eigenvalue weighted by Crippen LogP contribution is -2.45. The highest BCUT2D eigenvalue weighted by molar-refractivity contribution is 5.71. The van der Waals surface area contributed by atoms with Crippen LogP contribution >= 0.6 is 0 Å². The van der Waals surface area contributed by atoms with E-state index in [-0.39, 0.29) is 0 Å². The van der Waals surface area contributed by atoms with Crippen LogP contribution in [-0.2, 0) is 4.74 Å². The fraction of sp³-hybridized carbons (Fsp3) is 0.545. The highest BCUT2D eigenvalue weighted by Crippen LogP contribution is 2.23. The van der Waals surface area contributed by atoms with Crippen LogP contribution in [0.2, 0.25) is 0 Å². The number of aldehydes is 1. The van der Waals surface area contributed by atoms with E-state index in [2.05, 4.69) is 11.8 Å². The summed E-state index contributed by atoms with van der Waals surface area (Å²) < 4.78 is 10.8. The van der Waals surface area contributed by atoms with Crippen molar-refractivity contribution in [1.29, 1.82) is 0 Å². The lowest BCUT2D eigenvalue weighted by Gasteiger charge is -2.34. The van der Waals surface area contributed by atoms with Crippen LogP contribution in [0, 0.1) is 0 Å². The van der Waals surface area contributed by atoms with Crippen LogP contribution in [0.15, 0.2) is 16.5 Å². The molecule has 1 aliphatic heterocycles. The van der Waals surface area contributed by atoms with Crippen molar-refractivity contribution in [2.75, 3.05) is 24.7 Å². The number of furan rings is 1. The maximum Gasteiger partial charge on any atom is 0.196 e. The normalized spacial score (nSPS) is 21.7. The summed E-state index contributed by atoms with van der Waals surface area (Å²) in [6, 6.07) is 3.90. The quantitative estimate of drug-likeness (QED) is 0.711. The predicted molar refractivity (Wildman–Crippen MR) is 56.3 cm³/mol. The van der Waals surface area contributed by atoms with Crippen LogP contribution in [-0.4, -0.2) is 32.1 Å². The first-order valence-corrected chi connectivity index (χ1v) is 5.24. The number of hydrogen-bond donors (Lipinski definition) is 0. The zero-order chi connectivity index (χ0) is 10.7. The Hall–Kier alpha value is -1.29. The zero-order valence-corrected chi connectivity index (χ0v) is 8.81. The van der Waals surface area contributed by atoms with Crippen LogP contribution in [0.5, 0.6) is 0 Å². The monoisotopic (exact) mass is 209 g/mol. The largest absolute Gasteiger partial charge is 0.438 e. The molecule has 1 aliphatic rings. The third-order valence-electron chi connectivity index (χ3n) is 2.71. The molecule has 1 unspecified atom stereocenters. The first-order valence-electron chi connectivity index (χ1n) is 5.24. The maximum absolute atomic E-state index is 10.5. The molecule has 0 bridgehead atoms. The molecular weight excluding hydrogens is 194 g/mol. The van der Waals surface area contributed by atoms with Gasteiger partial charge in [-0.05, 0) is 12.5 Å². The van der Waals surface area contributed by atoms with Crippen molar-refractivity contribution < 1.29 is 13.9 Å². The van der Waals surface area contributed by atoms with E-state index in [1.54, 1.807) is 6.07 Å². The van der Waals surface area contributed by atoms with Crippen molar-refractivity contribution in [3.8, 4) is 0 Å². The Bertz CT molecular complexity index is 334. The van der Waals surface area contributed by atoms with Gasteiger partial charge in [0.1, 0.15) is 0 Å². The molecule has 1 aromatic heterocycles. The van der Waals surface area contributed by atoms with Crippen molar-refractivity contribution >= 4 is 12.2 Å². The summed E-state index contributed by atoms with van der Waals surface area (Å²) in [5.74, 6) is 1.15. The summed E-state index contributed by atoms with van der Waals surface area (Å²) in [4.78, 5) is 12.7. The second-order valence-corrected chi connectivity index (χ2v) is 3.62. The van der Waals surface area contributed by atoms with Gasteiger partial charge < -0.3 is 14.1 Å². The van der Waals surface area contributed by atoms with E-state index in [0.29, 0.717) is 18.4 Å². The van der Waals surface area contributed by atoms with E-state index in [9.17, 15) is 4.79 Å². The summed E-state index contributed by atoms with van der Waals surface area (Å²) >= 11 is 0. The number of nitrogens with zero attached hydrogens (tertiary/aromatic N) is 1. The van der Waals surface area contributed by atoms with Crippen LogP contribution in [0.25, 0.3) is 0 Å². The third-order valence-corrected chi connectivity index (χ3v) is 2.71. The molecule has 0 radical (unpaired) electrons. The molecule has 15 heavy (non-hydrogen) atoms. The number of rotatable bonds is 3. The molecule has 2 heterocycles. The summed E-state index contributed by atoms with van der Waals surface area (Å²) in [6.07, 6.45) is 1.74. The molecule has 1 saturated heterocycles. The molecule has 0 aliphatic carbocycles. The second kappa shape index (κ2) is 4.49. The SMILES string of the molecule is CCC1COCCN1c1ccc(C=O)o1. The summed E-state index contributed by atoms with van der Waals surface area (Å²) in [5, 5.41) is 0. The van der Waals surface area contributed by atoms with Crippen LogP contribution in [0.1, 0.15) is 23.9 Å². The number of carbonyl (C=O) groups excluding carboxylic acids is 1. The Labute approximate surface area is 88.8 Å². The van der Waals surface area contributed by atoms with Gasteiger partial charge in [0.15, 0.2) is 17.9 Å². The molecule has 2 rings (SSSR count). The van der Waals surface area contributed by atoms with Crippen LogP contribution < -0.4 is 4.90 Å². The smallest absolute Gasteiger partial charge is 0.196 e. The Balaban J connectivity index is 2.16. The molecular formula is C11H15NO3. The van der Waals surface area contributed by atoms with Gasteiger partial charge in [0.25, 0.3) is 0 Å². The van der Waals surface area contributed by atoms with Crippen molar-refractivity contribution in [1.82, 2.24) is 0 Å². The molecule has 0 aromatic carbocycles. The van der Waals surface area contributed by atoms with Gasteiger partial charge in [0.2, 0.25) is 0 Å². The van der Waals surface area contributed by atoms with Gasteiger partial charge >= 0.3 is 0 Å². The summed E-state index contributed by atoms with van der Waals surface area (Å²) in [7, 11) is 0. The Morgan fingerprint density at radius 1 is 1.60 bits per heavy atom. The molecule has 0 amide bonds. The summed E-state index contributed by atoms with van der Waals surface area (Å²) in [6.45, 7) is 4.39. The Morgan fingerprint density at radius 3 is 3.13 bits per heavy atom. The molecule has 4 nitrogen and oxygen atoms in total. The van der Waals surface area contributed by atoms with Crippen molar-refractivity contribution in [3.05, 3.63) is 17.9 Å². The topological polar surface area (TPSA) is 42.7 Å². The molecule has 0 saturated carbocycles. The average molecular weight is 209 g/mol. The standard InChI is InChI=1S/C11H15NO3/c1-2-9-8-14-6-5-12(9)11-4-3-10(7-13)15-11/h3-4,7,9H,2,5-6,8H2,1H3. The highest BCUT2D eigenvalue weighted by Gasteiger charge is 2.23. The number of hydrogen-bond acceptors (Lipinski definition) is 4. The van der Waals surface area contributed by atoms with Crippen molar-refractivity contribution in [2.24, 2.45) is 0 Å².